The van der Waals surface area contributed by atoms with Gasteiger partial charge in [0.2, 0.25) is 0 Å². The Bertz CT molecular complexity index is 791. The first-order chi connectivity index (χ1) is 10.1. The molecule has 0 radical (unpaired) electrons. The molecule has 0 unspecified atom stereocenters. The fraction of sp³-hybridized carbons (Fsp3) is 0.235. The van der Waals surface area contributed by atoms with Gasteiger partial charge in [-0.3, -0.25) is 0 Å². The van der Waals surface area contributed by atoms with Gasteiger partial charge in [0.1, 0.15) is 17.3 Å². The van der Waals surface area contributed by atoms with E-state index in [4.69, 9.17) is 9.72 Å². The van der Waals surface area contributed by atoms with Crippen molar-refractivity contribution < 1.29 is 9.84 Å². The normalized spacial score (nSPS) is 11.2. The van der Waals surface area contributed by atoms with Gasteiger partial charge >= 0.3 is 0 Å². The molecule has 1 heterocycles. The van der Waals surface area contributed by atoms with E-state index >= 15 is 0 Å². The first kappa shape index (κ1) is 13.5. The van der Waals surface area contributed by atoms with Crippen molar-refractivity contribution in [2.45, 2.75) is 19.9 Å². The lowest BCUT2D eigenvalue weighted by Gasteiger charge is -2.13. The summed E-state index contributed by atoms with van der Waals surface area (Å²) in [7, 11) is 1.65. The SMILES string of the molecule is COc1ccc2c(c1)nc(-c1cccc(O)c1)n2C(C)C. The maximum absolute atomic E-state index is 9.70. The molecule has 0 aliphatic rings. The third-order valence-electron chi connectivity index (χ3n) is 3.52. The maximum atomic E-state index is 9.70. The average molecular weight is 282 g/mol. The number of phenolic OH excluding ortho intramolecular Hbond substituents is 1. The molecule has 0 fully saturated rings. The minimum absolute atomic E-state index is 0.243. The van der Waals surface area contributed by atoms with Crippen molar-refractivity contribution in [1.29, 1.82) is 0 Å². The molecular formula is C17H18N2O2. The van der Waals surface area contributed by atoms with Crippen LogP contribution in [0.15, 0.2) is 42.5 Å². The van der Waals surface area contributed by atoms with Crippen LogP contribution in [0, 0.1) is 0 Å². The minimum atomic E-state index is 0.243. The molecule has 108 valence electrons. The Morgan fingerprint density at radius 2 is 1.95 bits per heavy atom. The van der Waals surface area contributed by atoms with Gasteiger partial charge in [-0.15, -0.1) is 0 Å². The Morgan fingerprint density at radius 1 is 1.14 bits per heavy atom. The fourth-order valence-electron chi connectivity index (χ4n) is 2.58. The number of aromatic nitrogens is 2. The van der Waals surface area contributed by atoms with Gasteiger partial charge in [-0.2, -0.15) is 0 Å². The van der Waals surface area contributed by atoms with E-state index in [0.717, 1.165) is 28.2 Å². The maximum Gasteiger partial charge on any atom is 0.141 e. The second kappa shape index (κ2) is 5.13. The van der Waals surface area contributed by atoms with Gasteiger partial charge in [-0.25, -0.2) is 4.98 Å². The molecule has 4 nitrogen and oxygen atoms in total. The number of hydrogen-bond acceptors (Lipinski definition) is 3. The lowest BCUT2D eigenvalue weighted by Crippen LogP contribution is -2.02. The Kier molecular flexibility index (Phi) is 3.29. The zero-order valence-electron chi connectivity index (χ0n) is 12.4. The molecule has 0 saturated heterocycles. The number of benzene rings is 2. The van der Waals surface area contributed by atoms with Crippen LogP contribution in [-0.2, 0) is 0 Å². The second-order valence-electron chi connectivity index (χ2n) is 5.30. The van der Waals surface area contributed by atoms with E-state index in [0.29, 0.717) is 0 Å². The predicted octanol–water partition coefficient (Wildman–Crippen LogP) is 4.00. The predicted molar refractivity (Wildman–Crippen MR) is 83.8 cm³/mol. The van der Waals surface area contributed by atoms with Crippen molar-refractivity contribution in [2.24, 2.45) is 0 Å². The number of aromatic hydroxyl groups is 1. The van der Waals surface area contributed by atoms with Gasteiger partial charge in [0.15, 0.2) is 0 Å². The van der Waals surface area contributed by atoms with Crippen LogP contribution in [-0.4, -0.2) is 21.8 Å². The number of ether oxygens (including phenoxy) is 1. The summed E-state index contributed by atoms with van der Waals surface area (Å²) in [6, 6.07) is 13.3. The number of imidazole rings is 1. The van der Waals surface area contributed by atoms with Crippen molar-refractivity contribution in [2.75, 3.05) is 7.11 Å². The largest absolute Gasteiger partial charge is 0.508 e. The quantitative estimate of drug-likeness (QED) is 0.790. The molecular weight excluding hydrogens is 264 g/mol. The Morgan fingerprint density at radius 3 is 2.62 bits per heavy atom. The summed E-state index contributed by atoms with van der Waals surface area (Å²) in [5, 5.41) is 9.70. The van der Waals surface area contributed by atoms with Crippen molar-refractivity contribution in [3.8, 4) is 22.9 Å². The van der Waals surface area contributed by atoms with Gasteiger partial charge in [0, 0.05) is 17.7 Å². The number of methoxy groups -OCH3 is 1. The highest BCUT2D eigenvalue weighted by atomic mass is 16.5. The molecule has 1 aromatic heterocycles. The van der Waals surface area contributed by atoms with Gasteiger partial charge in [0.05, 0.1) is 18.1 Å². The summed E-state index contributed by atoms with van der Waals surface area (Å²) in [6.07, 6.45) is 0. The molecule has 0 spiro atoms. The molecule has 1 N–H and O–H groups in total. The molecule has 0 saturated carbocycles. The Hall–Kier alpha value is -2.49. The van der Waals surface area contributed by atoms with E-state index in [1.807, 2.05) is 30.3 Å². The molecule has 3 aromatic rings. The summed E-state index contributed by atoms with van der Waals surface area (Å²) in [4.78, 5) is 4.73. The number of hydrogen-bond donors (Lipinski definition) is 1. The fourth-order valence-corrected chi connectivity index (χ4v) is 2.58. The van der Waals surface area contributed by atoms with Crippen LogP contribution in [0.2, 0.25) is 0 Å². The molecule has 21 heavy (non-hydrogen) atoms. The Labute approximate surface area is 123 Å². The lowest BCUT2D eigenvalue weighted by atomic mass is 10.2. The highest BCUT2D eigenvalue weighted by molar-refractivity contribution is 5.82. The van der Waals surface area contributed by atoms with E-state index in [2.05, 4.69) is 18.4 Å². The van der Waals surface area contributed by atoms with Crippen LogP contribution in [0.25, 0.3) is 22.4 Å². The molecule has 2 aromatic carbocycles. The summed E-state index contributed by atoms with van der Waals surface area (Å²) in [5.74, 6) is 1.88. The smallest absolute Gasteiger partial charge is 0.141 e. The summed E-state index contributed by atoms with van der Waals surface area (Å²) >= 11 is 0. The third-order valence-corrected chi connectivity index (χ3v) is 3.52. The number of rotatable bonds is 3. The van der Waals surface area contributed by atoms with E-state index < -0.39 is 0 Å². The van der Waals surface area contributed by atoms with Crippen molar-refractivity contribution >= 4 is 11.0 Å². The lowest BCUT2D eigenvalue weighted by molar-refractivity contribution is 0.415. The van der Waals surface area contributed by atoms with Crippen LogP contribution in [0.3, 0.4) is 0 Å². The van der Waals surface area contributed by atoms with E-state index in [1.54, 1.807) is 19.2 Å². The first-order valence-corrected chi connectivity index (χ1v) is 6.95. The molecule has 0 amide bonds. The molecule has 4 heteroatoms. The first-order valence-electron chi connectivity index (χ1n) is 6.95. The van der Waals surface area contributed by atoms with Gasteiger partial charge in [0.25, 0.3) is 0 Å². The molecule has 0 aliphatic heterocycles. The van der Waals surface area contributed by atoms with Crippen LogP contribution >= 0.6 is 0 Å². The Balaban J connectivity index is 2.28. The van der Waals surface area contributed by atoms with E-state index in [-0.39, 0.29) is 11.8 Å². The molecule has 0 bridgehead atoms. The van der Waals surface area contributed by atoms with Crippen LogP contribution in [0.4, 0.5) is 0 Å². The van der Waals surface area contributed by atoms with Gasteiger partial charge < -0.3 is 14.4 Å². The molecule has 0 atom stereocenters. The molecule has 3 rings (SSSR count). The highest BCUT2D eigenvalue weighted by Gasteiger charge is 2.15. The third kappa shape index (κ3) is 2.33. The van der Waals surface area contributed by atoms with Gasteiger partial charge in [-0.1, -0.05) is 12.1 Å². The number of nitrogens with zero attached hydrogens (tertiary/aromatic N) is 2. The monoisotopic (exact) mass is 282 g/mol. The van der Waals surface area contributed by atoms with Crippen LogP contribution in [0.1, 0.15) is 19.9 Å². The number of phenols is 1. The zero-order valence-corrected chi connectivity index (χ0v) is 12.4. The summed E-state index contributed by atoms with van der Waals surface area (Å²) in [6.45, 7) is 4.25. The van der Waals surface area contributed by atoms with Crippen molar-refractivity contribution in [3.05, 3.63) is 42.5 Å². The minimum Gasteiger partial charge on any atom is -0.508 e. The topological polar surface area (TPSA) is 47.3 Å². The highest BCUT2D eigenvalue weighted by Crippen LogP contribution is 2.31. The standard InChI is InChI=1S/C17H18N2O2/c1-11(2)19-16-8-7-14(21-3)10-15(16)18-17(19)12-5-4-6-13(20)9-12/h4-11,20H,1-3H3. The van der Waals surface area contributed by atoms with Gasteiger partial charge in [-0.05, 0) is 38.1 Å². The van der Waals surface area contributed by atoms with Crippen molar-refractivity contribution in [3.63, 3.8) is 0 Å². The van der Waals surface area contributed by atoms with Crippen LogP contribution in [0.5, 0.6) is 11.5 Å². The molecule has 0 aliphatic carbocycles. The van der Waals surface area contributed by atoms with Crippen molar-refractivity contribution in [1.82, 2.24) is 9.55 Å². The average Bonchev–Trinajstić information content (AvgIpc) is 2.85. The zero-order chi connectivity index (χ0) is 15.0. The number of fused-ring (bicyclic) bond motifs is 1. The van der Waals surface area contributed by atoms with Crippen LogP contribution < -0.4 is 4.74 Å². The summed E-state index contributed by atoms with van der Waals surface area (Å²) < 4.78 is 7.44. The summed E-state index contributed by atoms with van der Waals surface area (Å²) in [5.41, 5.74) is 2.85. The van der Waals surface area contributed by atoms with E-state index in [9.17, 15) is 5.11 Å². The van der Waals surface area contributed by atoms with E-state index in [1.165, 1.54) is 0 Å². The second-order valence-corrected chi connectivity index (χ2v) is 5.30.